The van der Waals surface area contributed by atoms with E-state index in [1.54, 1.807) is 0 Å². The molecule has 4 nitrogen and oxygen atoms in total. The van der Waals surface area contributed by atoms with Gasteiger partial charge in [-0.1, -0.05) is 0 Å². The van der Waals surface area contributed by atoms with Gasteiger partial charge >= 0.3 is 10.4 Å². The van der Waals surface area contributed by atoms with Crippen molar-refractivity contribution < 1.29 is 24.7 Å². The van der Waals surface area contributed by atoms with Crippen LogP contribution in [0.25, 0.3) is 0 Å². The lowest BCUT2D eigenvalue weighted by Crippen LogP contribution is -1.89. The second-order valence-corrected chi connectivity index (χ2v) is 1.34. The lowest BCUT2D eigenvalue weighted by molar-refractivity contribution is 0.381. The van der Waals surface area contributed by atoms with Gasteiger partial charge in [0.1, 0.15) is 0 Å². The molecule has 42 valence electrons. The Morgan fingerprint density at radius 3 is 1.40 bits per heavy atom. The lowest BCUT2D eigenvalue weighted by Gasteiger charge is -1.68. The fraction of sp³-hybridized carbons (Fsp3) is 0. The Morgan fingerprint density at radius 2 is 1.40 bits per heavy atom. The maximum absolute atomic E-state index is 8.74. The zero-order chi connectivity index (χ0) is 4.50. The highest BCUT2D eigenvalue weighted by Gasteiger charge is 1.84. The molecule has 0 aromatic rings. The lowest BCUT2D eigenvalue weighted by atomic mass is 15.8. The van der Waals surface area contributed by atoms with Gasteiger partial charge in [0.05, 0.1) is 0 Å². The summed E-state index contributed by atoms with van der Waals surface area (Å²) in [6.07, 6.45) is 0. The molecule has 0 amide bonds. The summed E-state index contributed by atoms with van der Waals surface area (Å²) in [6, 6.07) is 0. The second kappa shape index (κ2) is 0.925. The summed E-state index contributed by atoms with van der Waals surface area (Å²) in [6.45, 7) is 0. The van der Waals surface area contributed by atoms with Crippen molar-refractivity contribution in [1.29, 1.82) is 0 Å². The molecule has 0 bridgehead atoms. The van der Waals surface area contributed by atoms with E-state index in [4.69, 9.17) is 17.5 Å². The van der Waals surface area contributed by atoms with Gasteiger partial charge < -0.3 is 0 Å². The van der Waals surface area contributed by atoms with Crippen LogP contribution in [0.5, 0.6) is 0 Å². The average Bonchev–Trinajstić information content (AvgIpc) is 0.722. The van der Waals surface area contributed by atoms with Crippen LogP contribution in [0.2, 0.25) is 0 Å². The van der Waals surface area contributed by atoms with E-state index >= 15 is 0 Å². The van der Waals surface area contributed by atoms with Crippen molar-refractivity contribution in [1.82, 2.24) is 0 Å². The van der Waals surface area contributed by atoms with Crippen molar-refractivity contribution in [3.63, 3.8) is 0 Å². The van der Waals surface area contributed by atoms with Crippen LogP contribution in [0.4, 0.5) is 0 Å². The molecular formula is H12O4S. The average molecular weight is 108 g/mol. The molecular weight excluding hydrogens is 96.1 g/mol. The molecule has 5 heavy (non-hydrogen) atoms. The Morgan fingerprint density at radius 1 is 1.40 bits per heavy atom. The van der Waals surface area contributed by atoms with Gasteiger partial charge in [-0.05, 0) is 0 Å². The Bertz CT molecular complexity index is 96.8. The Labute approximate surface area is 36.4 Å². The summed E-state index contributed by atoms with van der Waals surface area (Å²) >= 11 is 0. The first-order chi connectivity index (χ1) is 2.00. The molecule has 0 aliphatic rings. The second-order valence-electron chi connectivity index (χ2n) is 0.448. The molecule has 0 aromatic heterocycles. The first-order valence-corrected chi connectivity index (χ1v) is 2.10. The summed E-state index contributed by atoms with van der Waals surface area (Å²) in [5.74, 6) is 0. The molecule has 0 aliphatic heterocycles. The fourth-order valence-corrected chi connectivity index (χ4v) is 0. The monoisotopic (exact) mass is 108 g/mol. The third kappa shape index (κ3) is 801. The summed E-state index contributed by atoms with van der Waals surface area (Å²) in [5.41, 5.74) is 0. The van der Waals surface area contributed by atoms with Crippen molar-refractivity contribution in [3.05, 3.63) is 0 Å². The first-order valence-electron chi connectivity index (χ1n) is 0.698. The van der Waals surface area contributed by atoms with E-state index in [0.29, 0.717) is 0 Å². The van der Waals surface area contributed by atoms with Crippen LogP contribution in [0.1, 0.15) is 7.13 Å². The van der Waals surface area contributed by atoms with Crippen molar-refractivity contribution in [2.45, 2.75) is 0 Å². The van der Waals surface area contributed by atoms with Crippen LogP contribution >= 0.6 is 0 Å². The Balaban J connectivity index is -0.00000000800. The zero-order valence-corrected chi connectivity index (χ0v) is 2.94. The highest BCUT2D eigenvalue weighted by Crippen LogP contribution is 1.59. The van der Waals surface area contributed by atoms with E-state index in [-0.39, 0.29) is 7.13 Å². The van der Waals surface area contributed by atoms with Crippen LogP contribution in [-0.4, -0.2) is 17.5 Å². The van der Waals surface area contributed by atoms with Crippen molar-refractivity contribution in [2.24, 2.45) is 0 Å². The predicted molar refractivity (Wildman–Crippen MR) is 24.7 cm³/mol. The molecule has 0 saturated heterocycles. The van der Waals surface area contributed by atoms with Gasteiger partial charge in [0.15, 0.2) is 0 Å². The van der Waals surface area contributed by atoms with E-state index < -0.39 is 10.4 Å². The summed E-state index contributed by atoms with van der Waals surface area (Å²) < 4.78 is 31.6. The van der Waals surface area contributed by atoms with E-state index in [1.807, 2.05) is 0 Å². The zero-order valence-electron chi connectivity index (χ0n) is 2.12. The summed E-state index contributed by atoms with van der Waals surface area (Å²) in [4.78, 5) is 0. The van der Waals surface area contributed by atoms with Crippen LogP contribution in [0.15, 0.2) is 0 Å². The molecule has 0 heterocycles. The standard InChI is InChI=1S/H2O4S.5H2/c1-5(2,3)4;;;;;/h(H2,1,2,3,4);5*1H. The molecule has 0 aliphatic carbocycles. The summed E-state index contributed by atoms with van der Waals surface area (Å²) in [7, 11) is -4.67. The molecule has 0 aromatic carbocycles. The molecule has 0 rings (SSSR count). The minimum Gasteiger partial charge on any atom is -0.264 e. The van der Waals surface area contributed by atoms with E-state index in [2.05, 4.69) is 0 Å². The SMILES string of the molecule is O=S(=O)(O)O.[HH].[HH].[HH].[HH].[HH]. The Hall–Kier alpha value is -0.130. The van der Waals surface area contributed by atoms with E-state index in [1.165, 1.54) is 0 Å². The molecule has 2 N–H and O–H groups in total. The molecule has 5 heteroatoms. The third-order valence-electron chi connectivity index (χ3n) is 0. The maximum atomic E-state index is 8.74. The van der Waals surface area contributed by atoms with Gasteiger partial charge in [-0.3, -0.25) is 9.11 Å². The summed E-state index contributed by atoms with van der Waals surface area (Å²) in [5, 5.41) is 0. The highest BCUT2D eigenvalue weighted by molar-refractivity contribution is 7.79. The highest BCUT2D eigenvalue weighted by atomic mass is 32.3. The maximum Gasteiger partial charge on any atom is 0.394 e. The minimum absolute atomic E-state index is 0. The predicted octanol–water partition coefficient (Wildman–Crippen LogP) is 0.577. The van der Waals surface area contributed by atoms with Gasteiger partial charge in [-0.15, -0.1) is 0 Å². The van der Waals surface area contributed by atoms with Gasteiger partial charge in [0.2, 0.25) is 0 Å². The molecule has 0 saturated carbocycles. The first kappa shape index (κ1) is 4.87. The van der Waals surface area contributed by atoms with Crippen LogP contribution in [0.3, 0.4) is 0 Å². The van der Waals surface area contributed by atoms with Gasteiger partial charge in [-0.25, -0.2) is 0 Å². The van der Waals surface area contributed by atoms with E-state index in [0.717, 1.165) is 0 Å². The van der Waals surface area contributed by atoms with Crippen LogP contribution < -0.4 is 0 Å². The molecule has 0 fully saturated rings. The van der Waals surface area contributed by atoms with E-state index in [9.17, 15) is 0 Å². The largest absolute Gasteiger partial charge is 0.394 e. The topological polar surface area (TPSA) is 74.6 Å². The smallest absolute Gasteiger partial charge is 0.264 e. The number of hydrogen-bond donors (Lipinski definition) is 2. The van der Waals surface area contributed by atoms with Gasteiger partial charge in [0.25, 0.3) is 0 Å². The van der Waals surface area contributed by atoms with Crippen LogP contribution in [0, 0.1) is 0 Å². The molecule has 0 atom stereocenters. The minimum atomic E-state index is -4.67. The number of hydrogen-bond acceptors (Lipinski definition) is 2. The van der Waals surface area contributed by atoms with Crippen molar-refractivity contribution in [3.8, 4) is 0 Å². The fourth-order valence-electron chi connectivity index (χ4n) is 0. The van der Waals surface area contributed by atoms with Crippen molar-refractivity contribution in [2.75, 3.05) is 0 Å². The van der Waals surface area contributed by atoms with Gasteiger partial charge in [0, 0.05) is 7.13 Å². The molecule has 0 unspecified atom stereocenters. The van der Waals surface area contributed by atoms with Gasteiger partial charge in [-0.2, -0.15) is 8.42 Å². The molecule has 0 spiro atoms. The quantitative estimate of drug-likeness (QED) is 0.445. The van der Waals surface area contributed by atoms with Crippen molar-refractivity contribution >= 4 is 10.4 Å². The number of rotatable bonds is 0. The Kier molecular flexibility index (Phi) is 0.901. The molecule has 0 radical (unpaired) electrons. The van der Waals surface area contributed by atoms with Crippen LogP contribution in [-0.2, 0) is 10.4 Å². The third-order valence-corrected chi connectivity index (χ3v) is 0. The normalized spacial score (nSPS) is 11.6.